The number of piperazine rings is 1. The number of thiophene rings is 1. The molecule has 0 N–H and O–H groups in total. The molecule has 2 aliphatic rings. The van der Waals surface area contributed by atoms with Crippen LogP contribution in [0.25, 0.3) is 0 Å². The molecule has 2 atom stereocenters. The summed E-state index contributed by atoms with van der Waals surface area (Å²) in [6.07, 6.45) is 2.82. The van der Waals surface area contributed by atoms with Crippen LogP contribution in [0.4, 0.5) is 0 Å². The summed E-state index contributed by atoms with van der Waals surface area (Å²) >= 11 is 1.81. The van der Waals surface area contributed by atoms with E-state index < -0.39 is 0 Å². The molecule has 3 heterocycles. The summed E-state index contributed by atoms with van der Waals surface area (Å²) in [7, 11) is 0. The van der Waals surface area contributed by atoms with Gasteiger partial charge >= 0.3 is 0 Å². The molecule has 2 saturated heterocycles. The summed E-state index contributed by atoms with van der Waals surface area (Å²) in [6.45, 7) is 7.41. The summed E-state index contributed by atoms with van der Waals surface area (Å²) in [5, 5.41) is 4.47. The van der Waals surface area contributed by atoms with E-state index in [1.165, 1.54) is 38.0 Å². The van der Waals surface area contributed by atoms with Crippen LogP contribution in [0, 0.1) is 0 Å². The van der Waals surface area contributed by atoms with Crippen LogP contribution in [0.15, 0.2) is 16.8 Å². The first-order valence-corrected chi connectivity index (χ1v) is 7.26. The van der Waals surface area contributed by atoms with Crippen LogP contribution in [0.5, 0.6) is 0 Å². The van der Waals surface area contributed by atoms with Gasteiger partial charge in [0.05, 0.1) is 0 Å². The molecule has 0 spiro atoms. The van der Waals surface area contributed by atoms with Crippen LogP contribution >= 0.6 is 11.3 Å². The minimum absolute atomic E-state index is 0.717. The highest BCUT2D eigenvalue weighted by atomic mass is 32.1. The Morgan fingerprint density at radius 1 is 1.44 bits per heavy atom. The Labute approximate surface area is 102 Å². The van der Waals surface area contributed by atoms with E-state index in [1.54, 1.807) is 0 Å². The maximum atomic E-state index is 2.69. The Morgan fingerprint density at radius 2 is 2.38 bits per heavy atom. The maximum Gasteiger partial charge on any atom is 0.0246 e. The fraction of sp³-hybridized carbons (Fsp3) is 0.692. The number of rotatable bonds is 2. The predicted molar refractivity (Wildman–Crippen MR) is 68.8 cm³/mol. The van der Waals surface area contributed by atoms with Crippen LogP contribution in [0.2, 0.25) is 0 Å². The Bertz CT molecular complexity index is 336. The highest BCUT2D eigenvalue weighted by Gasteiger charge is 2.34. The minimum atomic E-state index is 0.717. The van der Waals surface area contributed by atoms with Gasteiger partial charge in [-0.25, -0.2) is 0 Å². The summed E-state index contributed by atoms with van der Waals surface area (Å²) in [5.41, 5.74) is 1.49. The van der Waals surface area contributed by atoms with Crippen molar-refractivity contribution in [3.63, 3.8) is 0 Å². The number of fused-ring (bicyclic) bond motifs is 1. The highest BCUT2D eigenvalue weighted by molar-refractivity contribution is 7.07. The van der Waals surface area contributed by atoms with E-state index in [1.807, 2.05) is 11.3 Å². The maximum absolute atomic E-state index is 2.69. The molecule has 0 radical (unpaired) electrons. The average Bonchev–Trinajstić information content (AvgIpc) is 2.89. The quantitative estimate of drug-likeness (QED) is 0.778. The van der Waals surface area contributed by atoms with E-state index >= 15 is 0 Å². The van der Waals surface area contributed by atoms with Crippen LogP contribution in [0.3, 0.4) is 0 Å². The molecule has 2 nitrogen and oxygen atoms in total. The molecule has 3 rings (SSSR count). The van der Waals surface area contributed by atoms with E-state index in [4.69, 9.17) is 0 Å². The molecule has 16 heavy (non-hydrogen) atoms. The topological polar surface area (TPSA) is 6.48 Å². The van der Waals surface area contributed by atoms with Crippen LogP contribution in [-0.2, 0) is 6.54 Å². The van der Waals surface area contributed by atoms with Gasteiger partial charge in [-0.15, -0.1) is 0 Å². The summed E-state index contributed by atoms with van der Waals surface area (Å²) in [6, 6.07) is 3.82. The zero-order chi connectivity index (χ0) is 11.0. The lowest BCUT2D eigenvalue weighted by Crippen LogP contribution is -2.54. The molecular weight excluding hydrogens is 216 g/mol. The van der Waals surface area contributed by atoms with Crippen molar-refractivity contribution in [3.05, 3.63) is 22.4 Å². The molecule has 0 aromatic carbocycles. The minimum Gasteiger partial charge on any atom is -0.298 e. The molecule has 2 aliphatic heterocycles. The second kappa shape index (κ2) is 4.47. The first kappa shape index (κ1) is 10.8. The molecule has 0 bridgehead atoms. The van der Waals surface area contributed by atoms with Gasteiger partial charge in [0.1, 0.15) is 0 Å². The van der Waals surface area contributed by atoms with E-state index in [2.05, 4.69) is 33.6 Å². The lowest BCUT2D eigenvalue weighted by molar-refractivity contribution is 0.0541. The third kappa shape index (κ3) is 2.04. The molecular formula is C13H20N2S. The van der Waals surface area contributed by atoms with Gasteiger partial charge in [0.15, 0.2) is 0 Å². The Hall–Kier alpha value is -0.380. The first-order chi connectivity index (χ1) is 7.83. The van der Waals surface area contributed by atoms with Crippen molar-refractivity contribution >= 4 is 11.3 Å². The second-order valence-corrected chi connectivity index (χ2v) is 5.98. The van der Waals surface area contributed by atoms with Crippen LogP contribution in [0.1, 0.15) is 25.3 Å². The van der Waals surface area contributed by atoms with Crippen molar-refractivity contribution in [1.82, 2.24) is 9.80 Å². The number of nitrogens with zero attached hydrogens (tertiary/aromatic N) is 2. The zero-order valence-corrected chi connectivity index (χ0v) is 10.7. The SMILES string of the molecule is CC1CN2CCCC2CN1Cc1ccsc1. The van der Waals surface area contributed by atoms with Gasteiger partial charge in [-0.3, -0.25) is 9.80 Å². The van der Waals surface area contributed by atoms with E-state index in [0.29, 0.717) is 6.04 Å². The van der Waals surface area contributed by atoms with Crippen LogP contribution in [-0.4, -0.2) is 41.5 Å². The number of hydrogen-bond donors (Lipinski definition) is 0. The van der Waals surface area contributed by atoms with Crippen molar-refractivity contribution in [2.45, 2.75) is 38.4 Å². The Morgan fingerprint density at radius 3 is 3.19 bits per heavy atom. The predicted octanol–water partition coefficient (Wildman–Crippen LogP) is 2.42. The molecule has 1 aromatic rings. The summed E-state index contributed by atoms with van der Waals surface area (Å²) in [4.78, 5) is 5.35. The van der Waals surface area contributed by atoms with Gasteiger partial charge in [0.2, 0.25) is 0 Å². The standard InChI is InChI=1S/C13H20N2S/c1-11-7-14-5-2-3-13(14)9-15(11)8-12-4-6-16-10-12/h4,6,10-11,13H,2-3,5,7-9H2,1H3. The number of hydrogen-bond acceptors (Lipinski definition) is 3. The van der Waals surface area contributed by atoms with Gasteiger partial charge in [-0.05, 0) is 48.7 Å². The molecule has 2 unspecified atom stereocenters. The monoisotopic (exact) mass is 236 g/mol. The molecule has 0 aliphatic carbocycles. The largest absolute Gasteiger partial charge is 0.298 e. The Kier molecular flexibility index (Phi) is 3.01. The molecule has 3 heteroatoms. The zero-order valence-electron chi connectivity index (χ0n) is 9.93. The van der Waals surface area contributed by atoms with Crippen molar-refractivity contribution in [2.75, 3.05) is 19.6 Å². The van der Waals surface area contributed by atoms with Crippen molar-refractivity contribution < 1.29 is 0 Å². The van der Waals surface area contributed by atoms with Gasteiger partial charge in [0.25, 0.3) is 0 Å². The summed E-state index contributed by atoms with van der Waals surface area (Å²) < 4.78 is 0. The third-order valence-electron chi connectivity index (χ3n) is 4.03. The van der Waals surface area contributed by atoms with Crippen molar-refractivity contribution in [2.24, 2.45) is 0 Å². The van der Waals surface area contributed by atoms with Gasteiger partial charge in [-0.2, -0.15) is 11.3 Å². The van der Waals surface area contributed by atoms with Crippen LogP contribution < -0.4 is 0 Å². The molecule has 0 amide bonds. The first-order valence-electron chi connectivity index (χ1n) is 6.32. The molecule has 1 aromatic heterocycles. The third-order valence-corrected chi connectivity index (χ3v) is 4.76. The van der Waals surface area contributed by atoms with E-state index in [0.717, 1.165) is 12.6 Å². The average molecular weight is 236 g/mol. The van der Waals surface area contributed by atoms with E-state index in [-0.39, 0.29) is 0 Å². The molecule has 2 fully saturated rings. The van der Waals surface area contributed by atoms with Gasteiger partial charge in [-0.1, -0.05) is 0 Å². The fourth-order valence-corrected chi connectivity index (χ4v) is 3.75. The van der Waals surface area contributed by atoms with Gasteiger partial charge < -0.3 is 0 Å². The molecule has 88 valence electrons. The Balaban J connectivity index is 1.66. The smallest absolute Gasteiger partial charge is 0.0246 e. The molecule has 0 saturated carbocycles. The van der Waals surface area contributed by atoms with E-state index in [9.17, 15) is 0 Å². The fourth-order valence-electron chi connectivity index (χ4n) is 3.09. The van der Waals surface area contributed by atoms with Crippen molar-refractivity contribution in [1.29, 1.82) is 0 Å². The normalized spacial score (nSPS) is 31.8. The highest BCUT2D eigenvalue weighted by Crippen LogP contribution is 2.25. The second-order valence-electron chi connectivity index (χ2n) is 5.20. The lowest BCUT2D eigenvalue weighted by Gasteiger charge is -2.42. The lowest BCUT2D eigenvalue weighted by atomic mass is 10.1. The summed E-state index contributed by atoms with van der Waals surface area (Å²) in [5.74, 6) is 0. The van der Waals surface area contributed by atoms with Crippen molar-refractivity contribution in [3.8, 4) is 0 Å². The van der Waals surface area contributed by atoms with Gasteiger partial charge in [0, 0.05) is 31.7 Å².